The van der Waals surface area contributed by atoms with E-state index < -0.39 is 4.92 Å². The summed E-state index contributed by atoms with van der Waals surface area (Å²) in [5.74, 6) is 0.671. The molecular weight excluding hydrogens is 381 g/mol. The lowest BCUT2D eigenvalue weighted by Crippen LogP contribution is -2.01. The first-order valence-electron chi connectivity index (χ1n) is 7.35. The summed E-state index contributed by atoms with van der Waals surface area (Å²) in [6, 6.07) is 8.12. The number of nitrogens with one attached hydrogen (secondary N) is 1. The number of benzene rings is 2. The lowest BCUT2D eigenvalue weighted by Gasteiger charge is -2.13. The van der Waals surface area contributed by atoms with Gasteiger partial charge in [-0.05, 0) is 30.3 Å². The number of fused-ring (bicyclic) bond motifs is 1. The molecule has 2 aromatic carbocycles. The molecule has 26 heavy (non-hydrogen) atoms. The average molecular weight is 394 g/mol. The minimum absolute atomic E-state index is 0.0490. The molecule has 0 saturated heterocycles. The van der Waals surface area contributed by atoms with Crippen LogP contribution >= 0.6 is 23.2 Å². The predicted molar refractivity (Wildman–Crippen MR) is 101 cm³/mol. The van der Waals surface area contributed by atoms with Gasteiger partial charge in [-0.3, -0.25) is 10.1 Å². The molecule has 0 spiro atoms. The number of rotatable bonds is 5. The second kappa shape index (κ2) is 7.23. The van der Waals surface area contributed by atoms with E-state index in [1.165, 1.54) is 20.4 Å². The van der Waals surface area contributed by atoms with E-state index >= 15 is 0 Å². The number of hydrogen-bond acceptors (Lipinski definition) is 6. The Morgan fingerprint density at radius 2 is 1.77 bits per heavy atom. The van der Waals surface area contributed by atoms with Gasteiger partial charge in [0.05, 0.1) is 24.5 Å². The molecule has 1 heterocycles. The molecule has 134 valence electrons. The third-order valence-corrected chi connectivity index (χ3v) is 4.13. The fourth-order valence-electron chi connectivity index (χ4n) is 2.65. The summed E-state index contributed by atoms with van der Waals surface area (Å²) in [6.07, 6.45) is 1.47. The Balaban J connectivity index is 2.24. The van der Waals surface area contributed by atoms with Crippen LogP contribution in [0.25, 0.3) is 10.8 Å². The van der Waals surface area contributed by atoms with E-state index in [2.05, 4.69) is 10.3 Å². The van der Waals surface area contributed by atoms with Gasteiger partial charge in [0.15, 0.2) is 5.75 Å². The van der Waals surface area contributed by atoms with Gasteiger partial charge < -0.3 is 14.8 Å². The lowest BCUT2D eigenvalue weighted by atomic mass is 10.1. The summed E-state index contributed by atoms with van der Waals surface area (Å²) in [4.78, 5) is 15.4. The third kappa shape index (κ3) is 3.31. The number of nitrogens with zero attached hydrogens (tertiary/aromatic N) is 2. The Bertz CT molecular complexity index is 991. The van der Waals surface area contributed by atoms with Crippen LogP contribution in [-0.4, -0.2) is 24.1 Å². The zero-order valence-electron chi connectivity index (χ0n) is 13.7. The Morgan fingerprint density at radius 1 is 1.08 bits per heavy atom. The molecule has 0 aliphatic carbocycles. The number of pyridine rings is 1. The third-order valence-electron chi connectivity index (χ3n) is 3.69. The maximum atomic E-state index is 11.6. The number of anilines is 2. The van der Waals surface area contributed by atoms with E-state index in [9.17, 15) is 10.1 Å². The van der Waals surface area contributed by atoms with Crippen LogP contribution in [0.3, 0.4) is 0 Å². The molecule has 3 aromatic rings. The van der Waals surface area contributed by atoms with Gasteiger partial charge in [-0.1, -0.05) is 23.2 Å². The summed E-state index contributed by atoms with van der Waals surface area (Å²) in [5.41, 5.74) is 0.399. The van der Waals surface area contributed by atoms with Gasteiger partial charge >= 0.3 is 5.69 Å². The molecule has 0 unspecified atom stereocenters. The minimum atomic E-state index is -0.510. The minimum Gasteiger partial charge on any atom is -0.493 e. The summed E-state index contributed by atoms with van der Waals surface area (Å²) < 4.78 is 10.4. The Morgan fingerprint density at radius 3 is 2.35 bits per heavy atom. The molecular formula is C17H13Cl2N3O4. The molecule has 0 saturated carbocycles. The van der Waals surface area contributed by atoms with Crippen molar-refractivity contribution in [2.24, 2.45) is 0 Å². The van der Waals surface area contributed by atoms with E-state index in [1.54, 1.807) is 30.3 Å². The van der Waals surface area contributed by atoms with Gasteiger partial charge in [0, 0.05) is 27.3 Å². The number of methoxy groups -OCH3 is 2. The second-order valence-electron chi connectivity index (χ2n) is 5.26. The van der Waals surface area contributed by atoms with Crippen molar-refractivity contribution in [2.75, 3.05) is 19.5 Å². The Kier molecular flexibility index (Phi) is 5.01. The Hall–Kier alpha value is -2.77. The van der Waals surface area contributed by atoms with Crippen LogP contribution in [0, 0.1) is 10.1 Å². The summed E-state index contributed by atoms with van der Waals surface area (Å²) in [6.45, 7) is 0. The second-order valence-corrected chi connectivity index (χ2v) is 6.13. The lowest BCUT2D eigenvalue weighted by molar-refractivity contribution is -0.384. The molecule has 3 rings (SSSR count). The van der Waals surface area contributed by atoms with Crippen LogP contribution < -0.4 is 14.8 Å². The Labute approximate surface area is 158 Å². The molecule has 1 N–H and O–H groups in total. The standard InChI is InChI=1S/C17H13Cl2N3O4/c1-25-14-8-13-12(15(22(23)24)16(14)26-2)3-4-20-17(13)21-11-6-9(18)5-10(19)7-11/h3-8H,1-2H3,(H,20,21). The molecule has 1 aromatic heterocycles. The van der Waals surface area contributed by atoms with Crippen molar-refractivity contribution >= 4 is 51.2 Å². The fraction of sp³-hybridized carbons (Fsp3) is 0.118. The maximum absolute atomic E-state index is 11.6. The smallest absolute Gasteiger partial charge is 0.322 e. The van der Waals surface area contributed by atoms with Crippen LogP contribution in [0.15, 0.2) is 36.5 Å². The van der Waals surface area contributed by atoms with E-state index in [-0.39, 0.29) is 17.2 Å². The van der Waals surface area contributed by atoms with Crippen molar-refractivity contribution < 1.29 is 14.4 Å². The first kappa shape index (κ1) is 18.0. The largest absolute Gasteiger partial charge is 0.493 e. The number of hydrogen-bond donors (Lipinski definition) is 1. The van der Waals surface area contributed by atoms with Gasteiger partial charge in [-0.2, -0.15) is 0 Å². The van der Waals surface area contributed by atoms with Crippen LogP contribution in [-0.2, 0) is 0 Å². The quantitative estimate of drug-likeness (QED) is 0.472. The van der Waals surface area contributed by atoms with Crippen LogP contribution in [0.5, 0.6) is 11.5 Å². The van der Waals surface area contributed by atoms with Crippen molar-refractivity contribution in [3.8, 4) is 11.5 Å². The van der Waals surface area contributed by atoms with Crippen LogP contribution in [0.1, 0.15) is 0 Å². The van der Waals surface area contributed by atoms with Crippen molar-refractivity contribution in [1.29, 1.82) is 0 Å². The average Bonchev–Trinajstić information content (AvgIpc) is 2.59. The van der Waals surface area contributed by atoms with E-state index in [1.807, 2.05) is 0 Å². The molecule has 0 aliphatic rings. The summed E-state index contributed by atoms with van der Waals surface area (Å²) in [5, 5.41) is 16.5. The van der Waals surface area contributed by atoms with Crippen molar-refractivity contribution in [3.05, 3.63) is 56.7 Å². The molecule has 0 radical (unpaired) electrons. The van der Waals surface area contributed by atoms with Gasteiger partial charge in [0.1, 0.15) is 5.82 Å². The normalized spacial score (nSPS) is 10.6. The highest BCUT2D eigenvalue weighted by Gasteiger charge is 2.26. The molecule has 0 atom stereocenters. The van der Waals surface area contributed by atoms with E-state index in [4.69, 9.17) is 32.7 Å². The van der Waals surface area contributed by atoms with Crippen LogP contribution in [0.2, 0.25) is 10.0 Å². The molecule has 0 fully saturated rings. The molecule has 0 bridgehead atoms. The number of ether oxygens (including phenoxy) is 2. The van der Waals surface area contributed by atoms with Crippen molar-refractivity contribution in [2.45, 2.75) is 0 Å². The predicted octanol–water partition coefficient (Wildman–Crippen LogP) is 5.21. The van der Waals surface area contributed by atoms with Gasteiger partial charge in [0.25, 0.3) is 0 Å². The number of nitro groups is 1. The first-order valence-corrected chi connectivity index (χ1v) is 8.11. The maximum Gasteiger partial charge on any atom is 0.322 e. The molecule has 7 nitrogen and oxygen atoms in total. The molecule has 0 amide bonds. The molecule has 9 heteroatoms. The van der Waals surface area contributed by atoms with Gasteiger partial charge in [0.2, 0.25) is 5.75 Å². The highest BCUT2D eigenvalue weighted by Crippen LogP contribution is 2.44. The van der Waals surface area contributed by atoms with Gasteiger partial charge in [-0.15, -0.1) is 0 Å². The highest BCUT2D eigenvalue weighted by molar-refractivity contribution is 6.35. The number of aromatic nitrogens is 1. The van der Waals surface area contributed by atoms with Crippen molar-refractivity contribution in [3.63, 3.8) is 0 Å². The SMILES string of the molecule is COc1cc2c(Nc3cc(Cl)cc(Cl)c3)nccc2c([N+](=O)[O-])c1OC. The first-order chi connectivity index (χ1) is 12.4. The fourth-order valence-corrected chi connectivity index (χ4v) is 3.18. The monoisotopic (exact) mass is 393 g/mol. The van der Waals surface area contributed by atoms with Crippen LogP contribution in [0.4, 0.5) is 17.2 Å². The number of nitro benzene ring substituents is 1. The summed E-state index contributed by atoms with van der Waals surface area (Å²) in [7, 11) is 2.76. The topological polar surface area (TPSA) is 86.5 Å². The molecule has 0 aliphatic heterocycles. The van der Waals surface area contributed by atoms with E-state index in [0.29, 0.717) is 32.3 Å². The zero-order valence-corrected chi connectivity index (χ0v) is 15.3. The number of halogens is 2. The highest BCUT2D eigenvalue weighted by atomic mass is 35.5. The van der Waals surface area contributed by atoms with E-state index in [0.717, 1.165) is 0 Å². The van der Waals surface area contributed by atoms with Crippen molar-refractivity contribution in [1.82, 2.24) is 4.98 Å². The zero-order chi connectivity index (χ0) is 18.8. The summed E-state index contributed by atoms with van der Waals surface area (Å²) >= 11 is 12.0. The van der Waals surface area contributed by atoms with Gasteiger partial charge in [-0.25, -0.2) is 4.98 Å².